The van der Waals surface area contributed by atoms with E-state index >= 15 is 0 Å². The lowest BCUT2D eigenvalue weighted by atomic mass is 10.1. The van der Waals surface area contributed by atoms with Gasteiger partial charge in [-0.1, -0.05) is 0 Å². The Morgan fingerprint density at radius 2 is 2.40 bits per heavy atom. The fraction of sp³-hybridized carbons (Fsp3) is 0.455. The van der Waals surface area contributed by atoms with Crippen molar-refractivity contribution >= 4 is 5.97 Å². The number of carbonyl (C=O) groups excluding carboxylic acids is 1. The molecule has 0 aromatic carbocycles. The third-order valence-corrected chi connectivity index (χ3v) is 2.19. The van der Waals surface area contributed by atoms with E-state index in [0.717, 1.165) is 12.1 Å². The molecule has 1 rings (SSSR count). The van der Waals surface area contributed by atoms with Gasteiger partial charge in [-0.2, -0.15) is 0 Å². The normalized spacial score (nSPS) is 10.0. The monoisotopic (exact) mass is 208 g/mol. The van der Waals surface area contributed by atoms with Gasteiger partial charge in [-0.05, 0) is 24.1 Å². The van der Waals surface area contributed by atoms with Crippen LogP contribution in [0.2, 0.25) is 0 Å². The molecule has 15 heavy (non-hydrogen) atoms. The van der Waals surface area contributed by atoms with Crippen molar-refractivity contribution in [1.82, 2.24) is 10.3 Å². The number of nitrogens with one attached hydrogen (secondary N) is 1. The zero-order valence-electron chi connectivity index (χ0n) is 9.12. The first-order valence-electron chi connectivity index (χ1n) is 4.91. The SMILES string of the molecule is COC(=O)CCNCc1ccncc1C. The maximum Gasteiger partial charge on any atom is 0.306 e. The van der Waals surface area contributed by atoms with Gasteiger partial charge in [-0.25, -0.2) is 0 Å². The second-order valence-corrected chi connectivity index (χ2v) is 3.31. The van der Waals surface area contributed by atoms with Crippen molar-refractivity contribution in [2.24, 2.45) is 0 Å². The second-order valence-electron chi connectivity index (χ2n) is 3.31. The van der Waals surface area contributed by atoms with E-state index in [9.17, 15) is 4.79 Å². The Morgan fingerprint density at radius 1 is 1.60 bits per heavy atom. The minimum absolute atomic E-state index is 0.186. The average molecular weight is 208 g/mol. The number of hydrogen-bond acceptors (Lipinski definition) is 4. The summed E-state index contributed by atoms with van der Waals surface area (Å²) in [5.74, 6) is -0.186. The van der Waals surface area contributed by atoms with Crippen LogP contribution in [0.25, 0.3) is 0 Å². The van der Waals surface area contributed by atoms with Crippen molar-refractivity contribution in [3.05, 3.63) is 29.6 Å². The van der Waals surface area contributed by atoms with Crippen molar-refractivity contribution in [2.75, 3.05) is 13.7 Å². The zero-order valence-corrected chi connectivity index (χ0v) is 9.12. The summed E-state index contributed by atoms with van der Waals surface area (Å²) in [4.78, 5) is 14.8. The summed E-state index contributed by atoms with van der Waals surface area (Å²) >= 11 is 0. The summed E-state index contributed by atoms with van der Waals surface area (Å²) in [5.41, 5.74) is 2.36. The number of rotatable bonds is 5. The average Bonchev–Trinajstić information content (AvgIpc) is 2.26. The topological polar surface area (TPSA) is 51.2 Å². The molecule has 1 N–H and O–H groups in total. The Hall–Kier alpha value is -1.42. The number of hydrogen-bond donors (Lipinski definition) is 1. The van der Waals surface area contributed by atoms with Crippen LogP contribution in [0.1, 0.15) is 17.5 Å². The summed E-state index contributed by atoms with van der Waals surface area (Å²) < 4.78 is 4.54. The fourth-order valence-corrected chi connectivity index (χ4v) is 1.22. The number of aryl methyl sites for hydroxylation is 1. The molecule has 82 valence electrons. The highest BCUT2D eigenvalue weighted by atomic mass is 16.5. The first-order valence-corrected chi connectivity index (χ1v) is 4.91. The van der Waals surface area contributed by atoms with Gasteiger partial charge >= 0.3 is 5.97 Å². The lowest BCUT2D eigenvalue weighted by Crippen LogP contribution is -2.18. The first kappa shape index (κ1) is 11.7. The molecule has 0 spiro atoms. The maximum absolute atomic E-state index is 10.8. The Bertz CT molecular complexity index is 326. The van der Waals surface area contributed by atoms with Gasteiger partial charge in [0.05, 0.1) is 13.5 Å². The molecule has 1 aromatic rings. The van der Waals surface area contributed by atoms with Crippen molar-refractivity contribution in [3.8, 4) is 0 Å². The zero-order chi connectivity index (χ0) is 11.1. The fourth-order valence-electron chi connectivity index (χ4n) is 1.22. The molecule has 0 aliphatic carbocycles. The highest BCUT2D eigenvalue weighted by Gasteiger charge is 2.00. The molecule has 1 heterocycles. The molecule has 0 aliphatic heterocycles. The van der Waals surface area contributed by atoms with E-state index < -0.39 is 0 Å². The molecule has 0 atom stereocenters. The molecule has 0 amide bonds. The van der Waals surface area contributed by atoms with Gasteiger partial charge in [0, 0.05) is 25.5 Å². The van der Waals surface area contributed by atoms with Crippen LogP contribution >= 0.6 is 0 Å². The van der Waals surface area contributed by atoms with Crippen LogP contribution in [0.3, 0.4) is 0 Å². The molecule has 0 fully saturated rings. The Morgan fingerprint density at radius 3 is 3.07 bits per heavy atom. The van der Waals surface area contributed by atoms with Crippen LogP contribution in [0.4, 0.5) is 0 Å². The van der Waals surface area contributed by atoms with Gasteiger partial charge in [-0.3, -0.25) is 9.78 Å². The van der Waals surface area contributed by atoms with E-state index in [1.54, 1.807) is 6.20 Å². The van der Waals surface area contributed by atoms with E-state index in [1.807, 2.05) is 19.2 Å². The van der Waals surface area contributed by atoms with E-state index in [-0.39, 0.29) is 5.97 Å². The number of carbonyl (C=O) groups is 1. The van der Waals surface area contributed by atoms with Gasteiger partial charge in [0.1, 0.15) is 0 Å². The van der Waals surface area contributed by atoms with Crippen molar-refractivity contribution in [1.29, 1.82) is 0 Å². The highest BCUT2D eigenvalue weighted by molar-refractivity contribution is 5.69. The molecule has 0 saturated carbocycles. The number of esters is 1. The summed E-state index contributed by atoms with van der Waals surface area (Å²) in [5, 5.41) is 3.18. The van der Waals surface area contributed by atoms with Gasteiger partial charge in [-0.15, -0.1) is 0 Å². The minimum atomic E-state index is -0.186. The number of ether oxygens (including phenoxy) is 1. The van der Waals surface area contributed by atoms with Crippen LogP contribution in [0.15, 0.2) is 18.5 Å². The van der Waals surface area contributed by atoms with Gasteiger partial charge in [0.2, 0.25) is 0 Å². The minimum Gasteiger partial charge on any atom is -0.469 e. The molecule has 4 nitrogen and oxygen atoms in total. The van der Waals surface area contributed by atoms with Crippen LogP contribution in [-0.2, 0) is 16.1 Å². The quantitative estimate of drug-likeness (QED) is 0.580. The number of nitrogens with zero attached hydrogens (tertiary/aromatic N) is 1. The van der Waals surface area contributed by atoms with Crippen molar-refractivity contribution in [3.63, 3.8) is 0 Å². The van der Waals surface area contributed by atoms with Gasteiger partial charge in [0.15, 0.2) is 0 Å². The lowest BCUT2D eigenvalue weighted by Gasteiger charge is -2.06. The largest absolute Gasteiger partial charge is 0.469 e. The second kappa shape index (κ2) is 6.14. The van der Waals surface area contributed by atoms with E-state index in [4.69, 9.17) is 0 Å². The third kappa shape index (κ3) is 4.08. The molecule has 1 aromatic heterocycles. The van der Waals surface area contributed by atoms with Gasteiger partial charge in [0.25, 0.3) is 0 Å². The molecular weight excluding hydrogens is 192 g/mol. The van der Waals surface area contributed by atoms with Gasteiger partial charge < -0.3 is 10.1 Å². The predicted octanol–water partition coefficient (Wildman–Crippen LogP) is 1.04. The highest BCUT2D eigenvalue weighted by Crippen LogP contribution is 2.03. The molecule has 4 heteroatoms. The van der Waals surface area contributed by atoms with E-state index in [1.165, 1.54) is 12.7 Å². The molecular formula is C11H16N2O2. The number of methoxy groups -OCH3 is 1. The summed E-state index contributed by atoms with van der Waals surface area (Å²) in [6.45, 7) is 3.41. The smallest absolute Gasteiger partial charge is 0.306 e. The maximum atomic E-state index is 10.8. The third-order valence-electron chi connectivity index (χ3n) is 2.19. The standard InChI is InChI=1S/C11H16N2O2/c1-9-7-12-5-3-10(9)8-13-6-4-11(14)15-2/h3,5,7,13H,4,6,8H2,1-2H3. The summed E-state index contributed by atoms with van der Waals surface area (Å²) in [6.07, 6.45) is 4.00. The summed E-state index contributed by atoms with van der Waals surface area (Å²) in [6, 6.07) is 1.97. The number of pyridine rings is 1. The molecule has 0 unspecified atom stereocenters. The van der Waals surface area contributed by atoms with Crippen LogP contribution in [-0.4, -0.2) is 24.6 Å². The predicted molar refractivity (Wildman–Crippen MR) is 57.3 cm³/mol. The number of aromatic nitrogens is 1. The molecule has 0 saturated heterocycles. The summed E-state index contributed by atoms with van der Waals surface area (Å²) in [7, 11) is 1.40. The van der Waals surface area contributed by atoms with E-state index in [2.05, 4.69) is 15.0 Å². The first-order chi connectivity index (χ1) is 7.24. The molecule has 0 radical (unpaired) electrons. The van der Waals surface area contributed by atoms with Crippen molar-refractivity contribution < 1.29 is 9.53 Å². The van der Waals surface area contributed by atoms with Crippen molar-refractivity contribution in [2.45, 2.75) is 19.9 Å². The Balaban J connectivity index is 2.26. The Labute approximate surface area is 89.7 Å². The Kier molecular flexibility index (Phi) is 4.77. The van der Waals surface area contributed by atoms with Crippen LogP contribution < -0.4 is 5.32 Å². The van der Waals surface area contributed by atoms with E-state index in [0.29, 0.717) is 13.0 Å². The van der Waals surface area contributed by atoms with Crippen LogP contribution in [0.5, 0.6) is 0 Å². The molecule has 0 aliphatic rings. The van der Waals surface area contributed by atoms with Crippen LogP contribution in [0, 0.1) is 6.92 Å². The lowest BCUT2D eigenvalue weighted by molar-refractivity contribution is -0.140. The molecule has 0 bridgehead atoms.